The van der Waals surface area contributed by atoms with Gasteiger partial charge in [-0.15, -0.1) is 0 Å². The van der Waals surface area contributed by atoms with Crippen LogP contribution in [0.1, 0.15) is 59.6 Å². The molecule has 5 aromatic rings. The fourth-order valence-corrected chi connectivity index (χ4v) is 5.65. The summed E-state index contributed by atoms with van der Waals surface area (Å²) in [7, 11) is 0. The largest absolute Gasteiger partial charge is 0.478 e. The quantitative estimate of drug-likeness (QED) is 0.182. The first-order valence-electron chi connectivity index (χ1n) is 14.0. The number of nitrogens with one attached hydrogen (secondary N) is 2. The van der Waals surface area contributed by atoms with E-state index in [0.717, 1.165) is 57.8 Å². The number of rotatable bonds is 9. The molecule has 7 heteroatoms. The smallest absolute Gasteiger partial charge is 0.335 e. The molecule has 40 heavy (non-hydrogen) atoms. The SMILES string of the molecule is O=C(O)c1ccc2c(c1)nc(-c1cccc(CNc3ccccc3NCc3cccnc3)c1)n2C1CCCCC1. The summed E-state index contributed by atoms with van der Waals surface area (Å²) in [5, 5.41) is 16.7. The number of fused-ring (bicyclic) bond motifs is 1. The molecule has 7 nitrogen and oxygen atoms in total. The highest BCUT2D eigenvalue weighted by Crippen LogP contribution is 2.36. The minimum Gasteiger partial charge on any atom is -0.478 e. The van der Waals surface area contributed by atoms with Gasteiger partial charge >= 0.3 is 5.97 Å². The Morgan fingerprint density at radius 3 is 2.33 bits per heavy atom. The third-order valence-corrected chi connectivity index (χ3v) is 7.68. The zero-order valence-corrected chi connectivity index (χ0v) is 22.4. The van der Waals surface area contributed by atoms with Crippen LogP contribution < -0.4 is 10.6 Å². The van der Waals surface area contributed by atoms with Crippen LogP contribution in [0.5, 0.6) is 0 Å². The van der Waals surface area contributed by atoms with Crippen molar-refractivity contribution in [2.24, 2.45) is 0 Å². The number of anilines is 2. The first kappa shape index (κ1) is 25.6. The van der Waals surface area contributed by atoms with Crippen LogP contribution in [0.15, 0.2) is 91.3 Å². The molecule has 1 aliphatic rings. The van der Waals surface area contributed by atoms with Crippen molar-refractivity contribution in [3.63, 3.8) is 0 Å². The van der Waals surface area contributed by atoms with Gasteiger partial charge in [-0.1, -0.05) is 55.7 Å². The number of aromatic carboxylic acids is 1. The number of carbonyl (C=O) groups is 1. The molecule has 0 atom stereocenters. The standard InChI is InChI=1S/C33H33N5O2/c39-33(40)26-15-16-31-30(19-26)37-32(38(31)27-11-2-1-3-12-27)25-10-6-8-23(18-25)21-35-28-13-4-5-14-29(28)36-22-24-9-7-17-34-20-24/h4-10,13-20,27,35-36H,1-3,11-12,21-22H2,(H,39,40). The van der Waals surface area contributed by atoms with E-state index in [1.807, 2.05) is 30.5 Å². The first-order valence-corrected chi connectivity index (χ1v) is 14.0. The fraction of sp³-hybridized carbons (Fsp3) is 0.242. The maximum Gasteiger partial charge on any atom is 0.335 e. The number of aromatic nitrogens is 3. The molecule has 1 aliphatic carbocycles. The summed E-state index contributed by atoms with van der Waals surface area (Å²) in [4.78, 5) is 20.8. The van der Waals surface area contributed by atoms with E-state index in [-0.39, 0.29) is 5.56 Å². The number of benzene rings is 3. The van der Waals surface area contributed by atoms with Gasteiger partial charge in [0.05, 0.1) is 28.0 Å². The Kier molecular flexibility index (Phi) is 7.44. The summed E-state index contributed by atoms with van der Waals surface area (Å²) in [6, 6.07) is 26.4. The molecular formula is C33H33N5O2. The summed E-state index contributed by atoms with van der Waals surface area (Å²) < 4.78 is 2.35. The van der Waals surface area contributed by atoms with Gasteiger partial charge in [0.2, 0.25) is 0 Å². The molecule has 1 fully saturated rings. The van der Waals surface area contributed by atoms with E-state index in [9.17, 15) is 9.90 Å². The molecule has 0 unspecified atom stereocenters. The Bertz CT molecular complexity index is 1620. The lowest BCUT2D eigenvalue weighted by atomic mass is 9.94. The lowest BCUT2D eigenvalue weighted by Crippen LogP contribution is -2.14. The molecule has 0 amide bonds. The summed E-state index contributed by atoms with van der Waals surface area (Å²) >= 11 is 0. The highest BCUT2D eigenvalue weighted by Gasteiger charge is 2.23. The van der Waals surface area contributed by atoms with Gasteiger partial charge in [-0.25, -0.2) is 9.78 Å². The summed E-state index contributed by atoms with van der Waals surface area (Å²) in [6.45, 7) is 1.36. The molecule has 3 aromatic carbocycles. The normalized spacial score (nSPS) is 13.8. The lowest BCUT2D eigenvalue weighted by molar-refractivity contribution is 0.0697. The van der Waals surface area contributed by atoms with E-state index >= 15 is 0 Å². The zero-order chi connectivity index (χ0) is 27.3. The molecule has 2 aromatic heterocycles. The second kappa shape index (κ2) is 11.6. The van der Waals surface area contributed by atoms with Crippen molar-refractivity contribution in [3.05, 3.63) is 108 Å². The Morgan fingerprint density at radius 1 is 0.850 bits per heavy atom. The van der Waals surface area contributed by atoms with E-state index in [4.69, 9.17) is 4.98 Å². The average Bonchev–Trinajstić information content (AvgIpc) is 3.39. The van der Waals surface area contributed by atoms with Gasteiger partial charge in [0.15, 0.2) is 0 Å². The predicted molar refractivity (Wildman–Crippen MR) is 160 cm³/mol. The summed E-state index contributed by atoms with van der Waals surface area (Å²) in [5.41, 5.74) is 7.39. The minimum atomic E-state index is -0.932. The second-order valence-corrected chi connectivity index (χ2v) is 10.4. The highest BCUT2D eigenvalue weighted by atomic mass is 16.4. The number of hydrogen-bond donors (Lipinski definition) is 3. The van der Waals surface area contributed by atoms with Gasteiger partial charge in [-0.3, -0.25) is 4.98 Å². The maximum absolute atomic E-state index is 11.6. The Balaban J connectivity index is 1.27. The van der Waals surface area contributed by atoms with Crippen molar-refractivity contribution in [2.75, 3.05) is 10.6 Å². The van der Waals surface area contributed by atoms with Gasteiger partial charge < -0.3 is 20.3 Å². The minimum absolute atomic E-state index is 0.265. The third kappa shape index (κ3) is 5.54. The van der Waals surface area contributed by atoms with E-state index in [1.165, 1.54) is 19.3 Å². The summed E-state index contributed by atoms with van der Waals surface area (Å²) in [6.07, 6.45) is 9.56. The molecule has 202 valence electrons. The number of carboxylic acids is 1. The zero-order valence-electron chi connectivity index (χ0n) is 22.4. The van der Waals surface area contributed by atoms with Gasteiger partial charge in [-0.05, 0) is 66.4 Å². The van der Waals surface area contributed by atoms with Crippen LogP contribution in [0, 0.1) is 0 Å². The van der Waals surface area contributed by atoms with Crippen molar-refractivity contribution >= 4 is 28.4 Å². The second-order valence-electron chi connectivity index (χ2n) is 10.4. The number of pyridine rings is 1. The molecule has 0 saturated heterocycles. The van der Waals surface area contributed by atoms with Crippen molar-refractivity contribution < 1.29 is 9.90 Å². The third-order valence-electron chi connectivity index (χ3n) is 7.68. The van der Waals surface area contributed by atoms with E-state index in [1.54, 1.807) is 18.3 Å². The Hall–Kier alpha value is -4.65. The maximum atomic E-state index is 11.6. The summed E-state index contributed by atoms with van der Waals surface area (Å²) in [5.74, 6) is -0.0243. The number of nitrogens with zero attached hydrogens (tertiary/aromatic N) is 3. The molecule has 0 bridgehead atoms. The van der Waals surface area contributed by atoms with Crippen molar-refractivity contribution in [1.82, 2.24) is 14.5 Å². The number of para-hydroxylation sites is 2. The molecule has 1 saturated carbocycles. The van der Waals surface area contributed by atoms with Crippen LogP contribution in [0.3, 0.4) is 0 Å². The van der Waals surface area contributed by atoms with Gasteiger partial charge in [0.1, 0.15) is 5.82 Å². The fourth-order valence-electron chi connectivity index (χ4n) is 5.65. The van der Waals surface area contributed by atoms with Crippen LogP contribution in [0.4, 0.5) is 11.4 Å². The first-order chi connectivity index (χ1) is 19.7. The van der Waals surface area contributed by atoms with Crippen LogP contribution >= 0.6 is 0 Å². The number of hydrogen-bond acceptors (Lipinski definition) is 5. The Morgan fingerprint density at radius 2 is 1.60 bits per heavy atom. The van der Waals surface area contributed by atoms with Crippen LogP contribution in [0.2, 0.25) is 0 Å². The van der Waals surface area contributed by atoms with E-state index in [0.29, 0.717) is 19.1 Å². The van der Waals surface area contributed by atoms with Crippen LogP contribution in [0.25, 0.3) is 22.4 Å². The number of imidazole rings is 1. The number of carboxylic acid groups (broad SMARTS) is 1. The average molecular weight is 532 g/mol. The van der Waals surface area contributed by atoms with Crippen molar-refractivity contribution in [1.29, 1.82) is 0 Å². The molecule has 2 heterocycles. The molecule has 0 spiro atoms. The molecule has 3 N–H and O–H groups in total. The van der Waals surface area contributed by atoms with Crippen LogP contribution in [-0.2, 0) is 13.1 Å². The molecule has 0 radical (unpaired) electrons. The molecular weight excluding hydrogens is 498 g/mol. The van der Waals surface area contributed by atoms with Gasteiger partial charge in [0, 0.05) is 37.1 Å². The van der Waals surface area contributed by atoms with Crippen molar-refractivity contribution in [2.45, 2.75) is 51.2 Å². The van der Waals surface area contributed by atoms with Gasteiger partial charge in [-0.2, -0.15) is 0 Å². The van der Waals surface area contributed by atoms with Crippen molar-refractivity contribution in [3.8, 4) is 11.4 Å². The highest BCUT2D eigenvalue weighted by molar-refractivity contribution is 5.93. The van der Waals surface area contributed by atoms with Crippen LogP contribution in [-0.4, -0.2) is 25.6 Å². The Labute approximate surface area is 233 Å². The molecule has 0 aliphatic heterocycles. The monoisotopic (exact) mass is 531 g/mol. The molecule has 6 rings (SSSR count). The predicted octanol–water partition coefficient (Wildman–Crippen LogP) is 7.53. The topological polar surface area (TPSA) is 92.1 Å². The lowest BCUT2D eigenvalue weighted by Gasteiger charge is -2.25. The van der Waals surface area contributed by atoms with Gasteiger partial charge in [0.25, 0.3) is 0 Å². The van der Waals surface area contributed by atoms with E-state index < -0.39 is 5.97 Å². The van der Waals surface area contributed by atoms with E-state index in [2.05, 4.69) is 62.6 Å².